The molecule has 106 valence electrons. The molecule has 0 aliphatic rings. The van der Waals surface area contributed by atoms with Gasteiger partial charge in [-0.2, -0.15) is 0 Å². The third kappa shape index (κ3) is 4.87. The lowest BCUT2D eigenvalue weighted by molar-refractivity contribution is -0.119. The minimum atomic E-state index is -0.521. The van der Waals surface area contributed by atoms with Gasteiger partial charge in [0.15, 0.2) is 0 Å². The lowest BCUT2D eigenvalue weighted by Crippen LogP contribution is -2.35. The van der Waals surface area contributed by atoms with Crippen molar-refractivity contribution >= 4 is 11.6 Å². The Balaban J connectivity index is 2.57. The van der Waals surface area contributed by atoms with E-state index in [1.54, 1.807) is 12.3 Å². The lowest BCUT2D eigenvalue weighted by Gasteiger charge is -2.19. The van der Waals surface area contributed by atoms with Gasteiger partial charge in [-0.3, -0.25) is 9.78 Å². The molecule has 0 saturated carbocycles. The van der Waals surface area contributed by atoms with E-state index in [2.05, 4.69) is 10.3 Å². The van der Waals surface area contributed by atoms with Crippen LogP contribution in [0.1, 0.15) is 38.5 Å². The van der Waals surface area contributed by atoms with Crippen LogP contribution >= 0.6 is 0 Å². The molecule has 0 aliphatic heterocycles. The number of aliphatic hydroxyl groups excluding tert-OH is 1. The SMILES string of the molecule is CCCNC(=O)CN(C)c1ccc(C(O)CC)nc1. The Hall–Kier alpha value is -1.62. The summed E-state index contributed by atoms with van der Waals surface area (Å²) < 4.78 is 0. The number of carbonyl (C=O) groups excluding carboxylic acids is 1. The highest BCUT2D eigenvalue weighted by atomic mass is 16.3. The Bertz CT molecular complexity index is 392. The van der Waals surface area contributed by atoms with Gasteiger partial charge in [0.1, 0.15) is 0 Å². The lowest BCUT2D eigenvalue weighted by atomic mass is 10.2. The van der Waals surface area contributed by atoms with Crippen molar-refractivity contribution < 1.29 is 9.90 Å². The average Bonchev–Trinajstić information content (AvgIpc) is 2.44. The molecule has 0 radical (unpaired) electrons. The number of hydrogen-bond donors (Lipinski definition) is 2. The summed E-state index contributed by atoms with van der Waals surface area (Å²) in [5.41, 5.74) is 1.52. The summed E-state index contributed by atoms with van der Waals surface area (Å²) in [5.74, 6) is 0.00187. The number of pyridine rings is 1. The molecule has 1 heterocycles. The first-order chi connectivity index (χ1) is 9.08. The van der Waals surface area contributed by atoms with E-state index >= 15 is 0 Å². The standard InChI is InChI=1S/C14H23N3O2/c1-4-8-15-14(19)10-17(3)11-6-7-12(16-9-11)13(18)5-2/h6-7,9,13,18H,4-5,8,10H2,1-3H3,(H,15,19). The molecule has 5 heteroatoms. The quantitative estimate of drug-likeness (QED) is 0.784. The third-order valence-electron chi connectivity index (χ3n) is 2.89. The minimum Gasteiger partial charge on any atom is -0.387 e. The van der Waals surface area contributed by atoms with Crippen LogP contribution in [0.5, 0.6) is 0 Å². The molecule has 19 heavy (non-hydrogen) atoms. The highest BCUT2D eigenvalue weighted by Gasteiger charge is 2.09. The van der Waals surface area contributed by atoms with Crippen molar-refractivity contribution in [2.24, 2.45) is 0 Å². The molecule has 1 aromatic rings. The largest absolute Gasteiger partial charge is 0.387 e. The summed E-state index contributed by atoms with van der Waals surface area (Å²) in [6, 6.07) is 3.66. The van der Waals surface area contributed by atoms with Crippen molar-refractivity contribution in [3.63, 3.8) is 0 Å². The molecule has 1 amide bonds. The van der Waals surface area contributed by atoms with E-state index < -0.39 is 6.10 Å². The number of aromatic nitrogens is 1. The van der Waals surface area contributed by atoms with Crippen LogP contribution in [0.4, 0.5) is 5.69 Å². The van der Waals surface area contributed by atoms with E-state index in [1.165, 1.54) is 0 Å². The van der Waals surface area contributed by atoms with Gasteiger partial charge in [0, 0.05) is 13.6 Å². The van der Waals surface area contributed by atoms with Gasteiger partial charge in [0.05, 0.1) is 30.2 Å². The Labute approximate surface area is 114 Å². The normalized spacial score (nSPS) is 12.0. The number of nitrogens with one attached hydrogen (secondary N) is 1. The Kier molecular flexibility index (Phi) is 6.29. The number of aliphatic hydroxyl groups is 1. The van der Waals surface area contributed by atoms with Crippen LogP contribution in [-0.4, -0.2) is 36.1 Å². The molecule has 0 bridgehead atoms. The number of hydrogen-bond acceptors (Lipinski definition) is 4. The summed E-state index contributed by atoms with van der Waals surface area (Å²) in [5, 5.41) is 12.5. The molecule has 5 nitrogen and oxygen atoms in total. The van der Waals surface area contributed by atoms with Crippen molar-refractivity contribution in [1.29, 1.82) is 0 Å². The van der Waals surface area contributed by atoms with Crippen LogP contribution in [0.15, 0.2) is 18.3 Å². The Morgan fingerprint density at radius 3 is 2.74 bits per heavy atom. The molecule has 2 N–H and O–H groups in total. The summed E-state index contributed by atoms with van der Waals surface area (Å²) >= 11 is 0. The van der Waals surface area contributed by atoms with E-state index in [0.29, 0.717) is 25.2 Å². The first-order valence-corrected chi connectivity index (χ1v) is 6.70. The van der Waals surface area contributed by atoms with Gasteiger partial charge in [0.25, 0.3) is 0 Å². The zero-order valence-electron chi connectivity index (χ0n) is 11.9. The fourth-order valence-corrected chi connectivity index (χ4v) is 1.66. The van der Waals surface area contributed by atoms with Crippen LogP contribution in [0.25, 0.3) is 0 Å². The molecule has 0 spiro atoms. The molecule has 1 rings (SSSR count). The average molecular weight is 265 g/mol. The molecule has 1 unspecified atom stereocenters. The summed E-state index contributed by atoms with van der Waals surface area (Å²) in [4.78, 5) is 17.6. The van der Waals surface area contributed by atoms with Crippen molar-refractivity contribution in [1.82, 2.24) is 10.3 Å². The van der Waals surface area contributed by atoms with Crippen LogP contribution in [0.2, 0.25) is 0 Å². The van der Waals surface area contributed by atoms with Crippen molar-refractivity contribution in [3.8, 4) is 0 Å². The Morgan fingerprint density at radius 1 is 1.47 bits per heavy atom. The first-order valence-electron chi connectivity index (χ1n) is 6.70. The van der Waals surface area contributed by atoms with E-state index in [0.717, 1.165) is 12.1 Å². The second-order valence-electron chi connectivity index (χ2n) is 4.57. The van der Waals surface area contributed by atoms with Crippen LogP contribution in [-0.2, 0) is 4.79 Å². The fraction of sp³-hybridized carbons (Fsp3) is 0.571. The zero-order valence-corrected chi connectivity index (χ0v) is 11.9. The maximum atomic E-state index is 11.6. The molecular formula is C14H23N3O2. The second kappa shape index (κ2) is 7.74. The van der Waals surface area contributed by atoms with E-state index in [1.807, 2.05) is 31.9 Å². The molecule has 0 aliphatic carbocycles. The van der Waals surface area contributed by atoms with Crippen molar-refractivity contribution in [3.05, 3.63) is 24.0 Å². The van der Waals surface area contributed by atoms with Gasteiger partial charge in [-0.25, -0.2) is 0 Å². The number of likely N-dealkylation sites (N-methyl/N-ethyl adjacent to an activating group) is 1. The maximum Gasteiger partial charge on any atom is 0.239 e. The number of amides is 1. The summed E-state index contributed by atoms with van der Waals surface area (Å²) in [7, 11) is 1.85. The minimum absolute atomic E-state index is 0.00187. The van der Waals surface area contributed by atoms with Crippen LogP contribution in [0.3, 0.4) is 0 Å². The topological polar surface area (TPSA) is 65.5 Å². The second-order valence-corrected chi connectivity index (χ2v) is 4.57. The van der Waals surface area contributed by atoms with Gasteiger partial charge in [-0.05, 0) is 25.0 Å². The van der Waals surface area contributed by atoms with Crippen LogP contribution in [0, 0.1) is 0 Å². The predicted octanol–water partition coefficient (Wildman–Crippen LogP) is 1.49. The smallest absolute Gasteiger partial charge is 0.239 e. The highest BCUT2D eigenvalue weighted by Crippen LogP contribution is 2.17. The van der Waals surface area contributed by atoms with Gasteiger partial charge >= 0.3 is 0 Å². The third-order valence-corrected chi connectivity index (χ3v) is 2.89. The van der Waals surface area contributed by atoms with E-state index in [9.17, 15) is 9.90 Å². The summed E-state index contributed by atoms with van der Waals surface area (Å²) in [6.45, 7) is 4.93. The van der Waals surface area contributed by atoms with Gasteiger partial charge < -0.3 is 15.3 Å². The Morgan fingerprint density at radius 2 is 2.21 bits per heavy atom. The number of carbonyl (C=O) groups is 1. The molecule has 0 saturated heterocycles. The number of nitrogens with zero attached hydrogens (tertiary/aromatic N) is 2. The molecule has 1 aromatic heterocycles. The van der Waals surface area contributed by atoms with Gasteiger partial charge in [-0.1, -0.05) is 13.8 Å². The van der Waals surface area contributed by atoms with Crippen molar-refractivity contribution in [2.45, 2.75) is 32.8 Å². The zero-order chi connectivity index (χ0) is 14.3. The predicted molar refractivity (Wildman–Crippen MR) is 76.1 cm³/mol. The molecule has 0 aromatic carbocycles. The van der Waals surface area contributed by atoms with E-state index in [-0.39, 0.29) is 5.91 Å². The van der Waals surface area contributed by atoms with Crippen LogP contribution < -0.4 is 10.2 Å². The van der Waals surface area contributed by atoms with Gasteiger partial charge in [-0.15, -0.1) is 0 Å². The fourth-order valence-electron chi connectivity index (χ4n) is 1.66. The van der Waals surface area contributed by atoms with Gasteiger partial charge in [0.2, 0.25) is 5.91 Å². The van der Waals surface area contributed by atoms with Crippen molar-refractivity contribution in [2.75, 3.05) is 25.0 Å². The molecular weight excluding hydrogens is 242 g/mol. The number of rotatable bonds is 7. The monoisotopic (exact) mass is 265 g/mol. The molecule has 1 atom stereocenters. The number of anilines is 1. The molecule has 0 fully saturated rings. The summed E-state index contributed by atoms with van der Waals surface area (Å²) in [6.07, 6.45) is 2.73. The first kappa shape index (κ1) is 15.4. The highest BCUT2D eigenvalue weighted by molar-refractivity contribution is 5.81. The van der Waals surface area contributed by atoms with E-state index in [4.69, 9.17) is 0 Å². The maximum absolute atomic E-state index is 11.6.